The van der Waals surface area contributed by atoms with Crippen LogP contribution in [0, 0.1) is 11.6 Å². The van der Waals surface area contributed by atoms with Crippen LogP contribution in [0.4, 0.5) is 8.78 Å². The number of hydrogen-bond donors (Lipinski definition) is 2. The fourth-order valence-corrected chi connectivity index (χ4v) is 2.56. The molecule has 0 radical (unpaired) electrons. The summed E-state index contributed by atoms with van der Waals surface area (Å²) in [5.41, 5.74) is 6.00. The van der Waals surface area contributed by atoms with E-state index < -0.39 is 17.0 Å². The summed E-state index contributed by atoms with van der Waals surface area (Å²) in [4.78, 5) is 0. The first-order chi connectivity index (χ1) is 10.0. The summed E-state index contributed by atoms with van der Waals surface area (Å²) in [5, 5.41) is 9.80. The number of aliphatic hydroxyl groups is 1. The quantitative estimate of drug-likeness (QED) is 0.891. The summed E-state index contributed by atoms with van der Waals surface area (Å²) in [6.45, 7) is -0.209. The van der Waals surface area contributed by atoms with E-state index in [-0.39, 0.29) is 24.6 Å². The Labute approximate surface area is 127 Å². The number of benzene rings is 2. The molecule has 21 heavy (non-hydrogen) atoms. The Hall–Kier alpha value is -1.49. The van der Waals surface area contributed by atoms with Crippen LogP contribution in [0.15, 0.2) is 42.5 Å². The Morgan fingerprint density at radius 1 is 1.14 bits per heavy atom. The smallest absolute Gasteiger partial charge is 0.142 e. The Morgan fingerprint density at radius 3 is 2.48 bits per heavy atom. The average molecular weight is 312 g/mol. The molecule has 0 aliphatic heterocycles. The number of aliphatic hydroxyl groups excluding tert-OH is 1. The van der Waals surface area contributed by atoms with Crippen LogP contribution in [-0.2, 0) is 11.8 Å². The first-order valence-electron chi connectivity index (χ1n) is 6.52. The van der Waals surface area contributed by atoms with Gasteiger partial charge < -0.3 is 10.8 Å². The van der Waals surface area contributed by atoms with Crippen LogP contribution in [-0.4, -0.2) is 18.3 Å². The molecule has 2 nitrogen and oxygen atoms in total. The summed E-state index contributed by atoms with van der Waals surface area (Å²) in [6, 6.07) is 10.4. The van der Waals surface area contributed by atoms with Gasteiger partial charge in [0.15, 0.2) is 0 Å². The second-order valence-electron chi connectivity index (χ2n) is 5.04. The highest BCUT2D eigenvalue weighted by atomic mass is 35.5. The second-order valence-corrected chi connectivity index (χ2v) is 5.42. The Morgan fingerprint density at radius 2 is 1.86 bits per heavy atom. The number of halogens is 3. The van der Waals surface area contributed by atoms with Crippen LogP contribution in [0.3, 0.4) is 0 Å². The maximum Gasteiger partial charge on any atom is 0.142 e. The lowest BCUT2D eigenvalue weighted by Crippen LogP contribution is -2.41. The van der Waals surface area contributed by atoms with Crippen molar-refractivity contribution in [3.05, 3.63) is 70.2 Å². The first-order valence-corrected chi connectivity index (χ1v) is 6.90. The predicted molar refractivity (Wildman–Crippen MR) is 79.3 cm³/mol. The van der Waals surface area contributed by atoms with E-state index in [0.29, 0.717) is 11.1 Å². The number of rotatable bonds is 5. The molecule has 0 fully saturated rings. The van der Waals surface area contributed by atoms with Crippen LogP contribution in [0.1, 0.15) is 11.1 Å². The van der Waals surface area contributed by atoms with Crippen LogP contribution < -0.4 is 5.73 Å². The Kier molecular flexibility index (Phi) is 4.93. The van der Waals surface area contributed by atoms with Crippen molar-refractivity contribution in [1.29, 1.82) is 0 Å². The Bertz CT molecular complexity index is 629. The molecular formula is C16H16ClF2NO. The molecule has 1 atom stereocenters. The zero-order chi connectivity index (χ0) is 15.5. The van der Waals surface area contributed by atoms with Gasteiger partial charge in [0.1, 0.15) is 11.6 Å². The van der Waals surface area contributed by atoms with E-state index in [0.717, 1.165) is 0 Å². The molecule has 0 aliphatic carbocycles. The lowest BCUT2D eigenvalue weighted by atomic mass is 9.76. The predicted octanol–water partition coefficient (Wildman–Crippen LogP) is 3.05. The Balaban J connectivity index is 2.45. The molecule has 2 aromatic carbocycles. The average Bonchev–Trinajstić information content (AvgIpc) is 2.49. The molecule has 1 unspecified atom stereocenters. The molecule has 0 saturated heterocycles. The van der Waals surface area contributed by atoms with Gasteiger partial charge in [-0.3, -0.25) is 0 Å². The maximum atomic E-state index is 13.5. The molecule has 0 aromatic heterocycles. The number of nitrogens with two attached hydrogens (primary N) is 1. The minimum atomic E-state index is -0.903. The molecule has 0 amide bonds. The fraction of sp³-hybridized carbons (Fsp3) is 0.250. The van der Waals surface area contributed by atoms with Gasteiger partial charge in [-0.15, -0.1) is 0 Å². The summed E-state index contributed by atoms with van der Waals surface area (Å²) in [5.74, 6) is -0.943. The zero-order valence-electron chi connectivity index (χ0n) is 11.3. The fourth-order valence-electron chi connectivity index (χ4n) is 2.37. The van der Waals surface area contributed by atoms with Crippen LogP contribution in [0.2, 0.25) is 5.02 Å². The molecule has 112 valence electrons. The monoisotopic (exact) mass is 311 g/mol. The van der Waals surface area contributed by atoms with Crippen molar-refractivity contribution in [3.8, 4) is 0 Å². The molecule has 0 aliphatic rings. The topological polar surface area (TPSA) is 46.2 Å². The molecule has 0 heterocycles. The molecular weight excluding hydrogens is 296 g/mol. The molecule has 0 bridgehead atoms. The zero-order valence-corrected chi connectivity index (χ0v) is 12.1. The van der Waals surface area contributed by atoms with Gasteiger partial charge in [-0.25, -0.2) is 8.78 Å². The normalized spacial score (nSPS) is 14.0. The van der Waals surface area contributed by atoms with E-state index >= 15 is 0 Å². The summed E-state index contributed by atoms with van der Waals surface area (Å²) < 4.78 is 27.0. The summed E-state index contributed by atoms with van der Waals surface area (Å²) in [6.07, 6.45) is 0.222. The third-order valence-electron chi connectivity index (χ3n) is 3.69. The van der Waals surface area contributed by atoms with E-state index in [9.17, 15) is 13.9 Å². The van der Waals surface area contributed by atoms with E-state index in [1.165, 1.54) is 18.2 Å². The van der Waals surface area contributed by atoms with Crippen molar-refractivity contribution < 1.29 is 13.9 Å². The minimum absolute atomic E-state index is 0.000165. The lowest BCUT2D eigenvalue weighted by molar-refractivity contribution is 0.195. The highest BCUT2D eigenvalue weighted by molar-refractivity contribution is 6.31. The van der Waals surface area contributed by atoms with Gasteiger partial charge in [0, 0.05) is 12.0 Å². The molecule has 3 N–H and O–H groups in total. The van der Waals surface area contributed by atoms with Gasteiger partial charge in [0.05, 0.1) is 11.6 Å². The van der Waals surface area contributed by atoms with E-state index in [2.05, 4.69) is 0 Å². The first kappa shape index (κ1) is 15.9. The van der Waals surface area contributed by atoms with Crippen LogP contribution in [0.5, 0.6) is 0 Å². The highest BCUT2D eigenvalue weighted by Gasteiger charge is 2.32. The largest absolute Gasteiger partial charge is 0.395 e. The standard InChI is InChI=1S/C16H16ClF2NO/c17-15-11(3-1-6-14(15)19)8-16(9-20,10-21)12-4-2-5-13(18)7-12/h1-7,21H,8-10,20H2. The van der Waals surface area contributed by atoms with E-state index in [1.54, 1.807) is 24.3 Å². The molecule has 5 heteroatoms. The van der Waals surface area contributed by atoms with Gasteiger partial charge in [-0.2, -0.15) is 0 Å². The third-order valence-corrected chi connectivity index (χ3v) is 4.11. The van der Waals surface area contributed by atoms with Crippen molar-refractivity contribution in [1.82, 2.24) is 0 Å². The molecule has 0 saturated carbocycles. The van der Waals surface area contributed by atoms with Crippen molar-refractivity contribution in [2.75, 3.05) is 13.2 Å². The maximum absolute atomic E-state index is 13.5. The molecule has 2 aromatic rings. The molecule has 0 spiro atoms. The second kappa shape index (κ2) is 6.52. The minimum Gasteiger partial charge on any atom is -0.395 e. The summed E-state index contributed by atoms with van der Waals surface area (Å²) >= 11 is 5.96. The summed E-state index contributed by atoms with van der Waals surface area (Å²) in [7, 11) is 0. The van der Waals surface area contributed by atoms with Crippen LogP contribution in [0.25, 0.3) is 0 Å². The van der Waals surface area contributed by atoms with Crippen LogP contribution >= 0.6 is 11.6 Å². The lowest BCUT2D eigenvalue weighted by Gasteiger charge is -2.31. The van der Waals surface area contributed by atoms with Gasteiger partial charge >= 0.3 is 0 Å². The van der Waals surface area contributed by atoms with Gasteiger partial charge in [-0.05, 0) is 35.7 Å². The van der Waals surface area contributed by atoms with E-state index in [1.807, 2.05) is 0 Å². The molecule has 2 rings (SSSR count). The van der Waals surface area contributed by atoms with Crippen molar-refractivity contribution in [2.45, 2.75) is 11.8 Å². The highest BCUT2D eigenvalue weighted by Crippen LogP contribution is 2.31. The van der Waals surface area contributed by atoms with Crippen molar-refractivity contribution >= 4 is 11.6 Å². The van der Waals surface area contributed by atoms with Gasteiger partial charge in [-0.1, -0.05) is 35.9 Å². The number of hydrogen-bond acceptors (Lipinski definition) is 2. The van der Waals surface area contributed by atoms with Crippen molar-refractivity contribution in [3.63, 3.8) is 0 Å². The third kappa shape index (κ3) is 3.23. The van der Waals surface area contributed by atoms with Gasteiger partial charge in [0.2, 0.25) is 0 Å². The SMILES string of the molecule is NCC(CO)(Cc1cccc(F)c1Cl)c1cccc(F)c1. The van der Waals surface area contributed by atoms with Gasteiger partial charge in [0.25, 0.3) is 0 Å². The van der Waals surface area contributed by atoms with Crippen molar-refractivity contribution in [2.24, 2.45) is 5.73 Å². The van der Waals surface area contributed by atoms with E-state index in [4.69, 9.17) is 17.3 Å².